The SMILES string of the molecule is COCO/N=[N+](\[O-])N1CCCC1. The zero-order valence-electron chi connectivity index (χ0n) is 7.10. The van der Waals surface area contributed by atoms with Gasteiger partial charge in [-0.05, 0) is 12.8 Å². The first-order valence-electron chi connectivity index (χ1n) is 3.88. The van der Waals surface area contributed by atoms with Gasteiger partial charge in [-0.15, -0.1) is 5.01 Å². The molecule has 0 bridgehead atoms. The van der Waals surface area contributed by atoms with Crippen molar-refractivity contribution in [1.82, 2.24) is 5.01 Å². The van der Waals surface area contributed by atoms with Crippen LogP contribution in [0.2, 0.25) is 0 Å². The molecule has 1 fully saturated rings. The summed E-state index contributed by atoms with van der Waals surface area (Å²) in [7, 11) is 1.47. The van der Waals surface area contributed by atoms with Gasteiger partial charge in [0.2, 0.25) is 12.1 Å². The van der Waals surface area contributed by atoms with E-state index >= 15 is 0 Å². The van der Waals surface area contributed by atoms with Gasteiger partial charge in [0, 0.05) is 7.11 Å². The van der Waals surface area contributed by atoms with Gasteiger partial charge in [0.1, 0.15) is 0 Å². The van der Waals surface area contributed by atoms with Crippen LogP contribution in [0, 0.1) is 5.21 Å². The molecule has 0 aromatic rings. The first-order valence-corrected chi connectivity index (χ1v) is 3.88. The molecule has 12 heavy (non-hydrogen) atoms. The van der Waals surface area contributed by atoms with Gasteiger partial charge in [0.05, 0.1) is 18.1 Å². The van der Waals surface area contributed by atoms with Crippen LogP contribution in [0.1, 0.15) is 12.8 Å². The Balaban J connectivity index is 2.24. The summed E-state index contributed by atoms with van der Waals surface area (Å²) in [5, 5.41) is 15.9. The molecule has 0 amide bonds. The average molecular weight is 175 g/mol. The fourth-order valence-electron chi connectivity index (χ4n) is 1.05. The highest BCUT2D eigenvalue weighted by molar-refractivity contribution is 4.55. The van der Waals surface area contributed by atoms with Gasteiger partial charge in [-0.1, -0.05) is 0 Å². The van der Waals surface area contributed by atoms with Crippen LogP contribution in [0.5, 0.6) is 0 Å². The largest absolute Gasteiger partial charge is 0.569 e. The second-order valence-corrected chi connectivity index (χ2v) is 2.53. The minimum Gasteiger partial charge on any atom is -0.569 e. The van der Waals surface area contributed by atoms with Gasteiger partial charge in [-0.2, -0.15) is 0 Å². The summed E-state index contributed by atoms with van der Waals surface area (Å²) in [4.78, 5) is 5.01. The molecule has 0 N–H and O–H groups in total. The van der Waals surface area contributed by atoms with Crippen molar-refractivity contribution in [3.8, 4) is 0 Å². The predicted octanol–water partition coefficient (Wildman–Crippen LogP) is 0.495. The summed E-state index contributed by atoms with van der Waals surface area (Å²) < 4.78 is 4.55. The Kier molecular flexibility index (Phi) is 3.59. The van der Waals surface area contributed by atoms with Crippen molar-refractivity contribution >= 4 is 0 Å². The molecule has 0 aromatic heterocycles. The Morgan fingerprint density at radius 2 is 2.17 bits per heavy atom. The van der Waals surface area contributed by atoms with E-state index in [1.54, 1.807) is 5.01 Å². The molecule has 1 rings (SSSR count). The molecule has 0 spiro atoms. The van der Waals surface area contributed by atoms with E-state index < -0.39 is 0 Å². The smallest absolute Gasteiger partial charge is 0.235 e. The van der Waals surface area contributed by atoms with Crippen molar-refractivity contribution in [2.75, 3.05) is 27.0 Å². The summed E-state index contributed by atoms with van der Waals surface area (Å²) in [6, 6.07) is 0. The zero-order chi connectivity index (χ0) is 8.81. The Bertz CT molecular complexity index is 156. The Morgan fingerprint density at radius 3 is 2.75 bits per heavy atom. The molecule has 6 nitrogen and oxygen atoms in total. The zero-order valence-corrected chi connectivity index (χ0v) is 7.10. The highest BCUT2D eigenvalue weighted by Gasteiger charge is 2.18. The summed E-state index contributed by atoms with van der Waals surface area (Å²) in [6.07, 6.45) is 2.08. The number of ether oxygens (including phenoxy) is 1. The van der Waals surface area contributed by atoms with E-state index in [1.165, 1.54) is 7.11 Å². The molecule has 6 heteroatoms. The number of hydrogen-bond donors (Lipinski definition) is 0. The lowest BCUT2D eigenvalue weighted by Crippen LogP contribution is -2.27. The third kappa shape index (κ3) is 2.54. The van der Waals surface area contributed by atoms with Crippen molar-refractivity contribution in [3.05, 3.63) is 5.21 Å². The summed E-state index contributed by atoms with van der Waals surface area (Å²) in [6.45, 7) is 1.51. The van der Waals surface area contributed by atoms with Crippen LogP contribution in [0.3, 0.4) is 0 Å². The minimum atomic E-state index is 0.00653. The van der Waals surface area contributed by atoms with Gasteiger partial charge in [-0.3, -0.25) is 0 Å². The second-order valence-electron chi connectivity index (χ2n) is 2.53. The van der Waals surface area contributed by atoms with Crippen molar-refractivity contribution in [2.45, 2.75) is 12.8 Å². The lowest BCUT2D eigenvalue weighted by molar-refractivity contribution is -0.708. The van der Waals surface area contributed by atoms with Crippen molar-refractivity contribution in [3.63, 3.8) is 0 Å². The van der Waals surface area contributed by atoms with Gasteiger partial charge >= 0.3 is 0 Å². The van der Waals surface area contributed by atoms with Crippen LogP contribution in [-0.4, -0.2) is 37.0 Å². The number of nitrogens with zero attached hydrogens (tertiary/aromatic N) is 3. The predicted molar refractivity (Wildman–Crippen MR) is 39.8 cm³/mol. The van der Waals surface area contributed by atoms with Crippen molar-refractivity contribution in [1.29, 1.82) is 0 Å². The van der Waals surface area contributed by atoms with E-state index in [0.29, 0.717) is 4.97 Å². The first kappa shape index (κ1) is 9.05. The molecule has 0 radical (unpaired) electrons. The lowest BCUT2D eigenvalue weighted by Gasteiger charge is -2.09. The molecular formula is C6H13N3O3. The number of rotatable bonds is 4. The second kappa shape index (κ2) is 4.76. The number of hydrogen-bond acceptors (Lipinski definition) is 4. The third-order valence-electron chi connectivity index (χ3n) is 1.62. The molecule has 0 unspecified atom stereocenters. The summed E-state index contributed by atoms with van der Waals surface area (Å²) in [5.74, 6) is 0. The first-order chi connectivity index (χ1) is 5.84. The molecule has 70 valence electrons. The molecule has 0 aromatic carbocycles. The topological polar surface area (TPSA) is 60.1 Å². The lowest BCUT2D eigenvalue weighted by atomic mass is 10.4. The minimum absolute atomic E-state index is 0.00653. The number of methoxy groups -OCH3 is 1. The molecule has 1 aliphatic rings. The summed E-state index contributed by atoms with van der Waals surface area (Å²) in [5.41, 5.74) is 0. The van der Waals surface area contributed by atoms with Crippen LogP contribution in [-0.2, 0) is 9.57 Å². The highest BCUT2D eigenvalue weighted by atomic mass is 16.8. The standard InChI is InChI=1S/C6H13N3O3/c1-11-6-12-7-9(10)8-4-2-3-5-8/h2-6H2,1H3/b9-7-. The molecular weight excluding hydrogens is 162 g/mol. The van der Waals surface area contributed by atoms with Crippen molar-refractivity contribution < 1.29 is 14.5 Å². The normalized spacial score (nSPS) is 18.4. The molecule has 1 heterocycles. The van der Waals surface area contributed by atoms with Gasteiger partial charge < -0.3 is 14.8 Å². The third-order valence-corrected chi connectivity index (χ3v) is 1.62. The Labute approximate surface area is 70.9 Å². The molecule has 0 aliphatic carbocycles. The number of hydrazine groups is 1. The molecule has 1 saturated heterocycles. The Hall–Kier alpha value is -1.04. The molecule has 1 aliphatic heterocycles. The van der Waals surface area contributed by atoms with E-state index in [-0.39, 0.29) is 6.79 Å². The maximum atomic E-state index is 11.0. The summed E-state index contributed by atoms with van der Waals surface area (Å²) >= 11 is 0. The van der Waals surface area contributed by atoms with Crippen LogP contribution in [0.15, 0.2) is 5.28 Å². The van der Waals surface area contributed by atoms with E-state index in [1.807, 2.05) is 0 Å². The molecule has 0 saturated carbocycles. The van der Waals surface area contributed by atoms with E-state index in [0.717, 1.165) is 25.9 Å². The molecule has 0 atom stereocenters. The quantitative estimate of drug-likeness (QED) is 0.205. The van der Waals surface area contributed by atoms with E-state index in [2.05, 4.69) is 14.9 Å². The van der Waals surface area contributed by atoms with Gasteiger partial charge in [0.15, 0.2) is 0 Å². The van der Waals surface area contributed by atoms with Gasteiger partial charge in [-0.25, -0.2) is 0 Å². The van der Waals surface area contributed by atoms with E-state index in [4.69, 9.17) is 0 Å². The van der Waals surface area contributed by atoms with Gasteiger partial charge in [0.25, 0.3) is 0 Å². The Morgan fingerprint density at radius 1 is 1.50 bits per heavy atom. The highest BCUT2D eigenvalue weighted by Crippen LogP contribution is 2.06. The van der Waals surface area contributed by atoms with Crippen LogP contribution in [0.4, 0.5) is 0 Å². The maximum absolute atomic E-state index is 11.0. The van der Waals surface area contributed by atoms with Crippen LogP contribution >= 0.6 is 0 Å². The fraction of sp³-hybridized carbons (Fsp3) is 1.00. The van der Waals surface area contributed by atoms with Crippen LogP contribution < -0.4 is 0 Å². The van der Waals surface area contributed by atoms with Crippen molar-refractivity contribution in [2.24, 2.45) is 5.28 Å². The van der Waals surface area contributed by atoms with Crippen LogP contribution in [0.25, 0.3) is 0 Å². The maximum Gasteiger partial charge on any atom is 0.235 e. The average Bonchev–Trinajstić information content (AvgIpc) is 2.56. The fourth-order valence-corrected chi connectivity index (χ4v) is 1.05. The monoisotopic (exact) mass is 175 g/mol. The van der Waals surface area contributed by atoms with E-state index in [9.17, 15) is 5.21 Å².